The molecule has 0 spiro atoms. The number of halogens is 1. The molecule has 1 aliphatic heterocycles. The second-order valence-corrected chi connectivity index (χ2v) is 9.19. The first-order valence-corrected chi connectivity index (χ1v) is 11.4. The number of amides is 1. The SMILES string of the molecule is CCNC(=NCC1(C(=O)N(C)C)CCCC1)NCC(CC(C)C)N1CCOCC1.I. The van der Waals surface area contributed by atoms with Crippen LogP contribution in [0.2, 0.25) is 0 Å². The summed E-state index contributed by atoms with van der Waals surface area (Å²) < 4.78 is 5.53. The minimum atomic E-state index is -0.326. The van der Waals surface area contributed by atoms with Gasteiger partial charge in [-0.1, -0.05) is 26.7 Å². The fourth-order valence-electron chi connectivity index (χ4n) is 4.60. The number of carbonyl (C=O) groups is 1. The van der Waals surface area contributed by atoms with Crippen molar-refractivity contribution in [2.24, 2.45) is 16.3 Å². The number of nitrogens with zero attached hydrogens (tertiary/aromatic N) is 3. The van der Waals surface area contributed by atoms with E-state index in [1.54, 1.807) is 4.90 Å². The van der Waals surface area contributed by atoms with Crippen LogP contribution in [0.25, 0.3) is 0 Å². The molecule has 176 valence electrons. The molecular formula is C22H44IN5O2. The van der Waals surface area contributed by atoms with Gasteiger partial charge in [0.15, 0.2) is 5.96 Å². The van der Waals surface area contributed by atoms with Crippen molar-refractivity contribution in [3.63, 3.8) is 0 Å². The van der Waals surface area contributed by atoms with Gasteiger partial charge in [0.1, 0.15) is 0 Å². The Hall–Kier alpha value is -0.610. The second-order valence-electron chi connectivity index (χ2n) is 9.19. The van der Waals surface area contributed by atoms with Gasteiger partial charge in [-0.2, -0.15) is 0 Å². The number of morpholine rings is 1. The minimum Gasteiger partial charge on any atom is -0.379 e. The molecule has 0 bridgehead atoms. The molecule has 1 saturated heterocycles. The second kappa shape index (κ2) is 13.7. The summed E-state index contributed by atoms with van der Waals surface area (Å²) in [5.74, 6) is 1.69. The van der Waals surface area contributed by atoms with Crippen molar-refractivity contribution >= 4 is 35.8 Å². The summed E-state index contributed by atoms with van der Waals surface area (Å²) in [6, 6.07) is 0.464. The van der Waals surface area contributed by atoms with Gasteiger partial charge < -0.3 is 20.3 Å². The van der Waals surface area contributed by atoms with E-state index < -0.39 is 0 Å². The smallest absolute Gasteiger partial charge is 0.230 e. The van der Waals surface area contributed by atoms with E-state index in [4.69, 9.17) is 9.73 Å². The molecule has 1 unspecified atom stereocenters. The van der Waals surface area contributed by atoms with Gasteiger partial charge in [-0.05, 0) is 32.1 Å². The van der Waals surface area contributed by atoms with Gasteiger partial charge in [-0.25, -0.2) is 0 Å². The molecule has 2 aliphatic rings. The molecule has 1 amide bonds. The summed E-state index contributed by atoms with van der Waals surface area (Å²) in [6.45, 7) is 12.5. The molecule has 0 aromatic heterocycles. The Morgan fingerprint density at radius 1 is 1.17 bits per heavy atom. The molecule has 8 heteroatoms. The topological polar surface area (TPSA) is 69.2 Å². The lowest BCUT2D eigenvalue weighted by Crippen LogP contribution is -2.51. The maximum absolute atomic E-state index is 12.8. The van der Waals surface area contributed by atoms with E-state index >= 15 is 0 Å². The number of carbonyl (C=O) groups excluding carboxylic acids is 1. The van der Waals surface area contributed by atoms with Crippen LogP contribution in [0.4, 0.5) is 0 Å². The van der Waals surface area contributed by atoms with E-state index in [9.17, 15) is 4.79 Å². The molecule has 7 nitrogen and oxygen atoms in total. The van der Waals surface area contributed by atoms with Crippen LogP contribution in [0.1, 0.15) is 52.9 Å². The molecule has 1 heterocycles. The first-order chi connectivity index (χ1) is 13.9. The Morgan fingerprint density at radius 2 is 1.80 bits per heavy atom. The van der Waals surface area contributed by atoms with Crippen LogP contribution in [0, 0.1) is 11.3 Å². The van der Waals surface area contributed by atoms with Crippen molar-refractivity contribution < 1.29 is 9.53 Å². The summed E-state index contributed by atoms with van der Waals surface area (Å²) in [4.78, 5) is 22.0. The zero-order valence-corrected chi connectivity index (χ0v) is 22.0. The predicted octanol–water partition coefficient (Wildman–Crippen LogP) is 2.56. The fourth-order valence-corrected chi connectivity index (χ4v) is 4.60. The molecule has 1 saturated carbocycles. The maximum Gasteiger partial charge on any atom is 0.230 e. The number of hydrogen-bond donors (Lipinski definition) is 2. The normalized spacial score (nSPS) is 20.5. The van der Waals surface area contributed by atoms with E-state index in [1.807, 2.05) is 14.1 Å². The molecular weight excluding hydrogens is 493 g/mol. The lowest BCUT2D eigenvalue weighted by Gasteiger charge is -2.36. The summed E-state index contributed by atoms with van der Waals surface area (Å²) in [6.07, 6.45) is 5.27. The van der Waals surface area contributed by atoms with Gasteiger partial charge in [-0.3, -0.25) is 14.7 Å². The molecule has 2 fully saturated rings. The van der Waals surface area contributed by atoms with Gasteiger partial charge >= 0.3 is 0 Å². The summed E-state index contributed by atoms with van der Waals surface area (Å²) in [5.41, 5.74) is -0.326. The highest BCUT2D eigenvalue weighted by Crippen LogP contribution is 2.39. The van der Waals surface area contributed by atoms with E-state index in [1.165, 1.54) is 0 Å². The number of rotatable bonds is 9. The predicted molar refractivity (Wildman–Crippen MR) is 135 cm³/mol. The number of ether oxygens (including phenoxy) is 1. The number of guanidine groups is 1. The minimum absolute atomic E-state index is 0. The summed E-state index contributed by atoms with van der Waals surface area (Å²) >= 11 is 0. The Balaban J connectivity index is 0.00000450. The molecule has 1 atom stereocenters. The summed E-state index contributed by atoms with van der Waals surface area (Å²) in [5, 5.41) is 6.94. The first kappa shape index (κ1) is 27.4. The highest BCUT2D eigenvalue weighted by atomic mass is 127. The van der Waals surface area contributed by atoms with Crippen molar-refractivity contribution in [1.82, 2.24) is 20.4 Å². The van der Waals surface area contributed by atoms with Gasteiger partial charge in [0.05, 0.1) is 25.2 Å². The number of nitrogens with one attached hydrogen (secondary N) is 2. The maximum atomic E-state index is 12.8. The Kier molecular flexibility index (Phi) is 12.5. The molecule has 2 N–H and O–H groups in total. The van der Waals surface area contributed by atoms with Crippen LogP contribution in [-0.2, 0) is 9.53 Å². The van der Waals surface area contributed by atoms with Crippen LogP contribution < -0.4 is 10.6 Å². The zero-order valence-electron chi connectivity index (χ0n) is 19.7. The Labute approximate surface area is 200 Å². The van der Waals surface area contributed by atoms with Crippen LogP contribution in [0.15, 0.2) is 4.99 Å². The van der Waals surface area contributed by atoms with Crippen molar-refractivity contribution in [2.75, 3.05) is 60.0 Å². The third-order valence-corrected chi connectivity index (χ3v) is 6.12. The average Bonchev–Trinajstić information content (AvgIpc) is 3.18. The van der Waals surface area contributed by atoms with Crippen LogP contribution in [0.5, 0.6) is 0 Å². The van der Waals surface area contributed by atoms with E-state index in [2.05, 4.69) is 36.3 Å². The van der Waals surface area contributed by atoms with Crippen molar-refractivity contribution in [3.8, 4) is 0 Å². The van der Waals surface area contributed by atoms with Crippen LogP contribution in [0.3, 0.4) is 0 Å². The third-order valence-electron chi connectivity index (χ3n) is 6.12. The average molecular weight is 538 g/mol. The molecule has 0 radical (unpaired) electrons. The van der Waals surface area contributed by atoms with Crippen LogP contribution >= 0.6 is 24.0 Å². The Bertz CT molecular complexity index is 530. The lowest BCUT2D eigenvalue weighted by atomic mass is 9.85. The number of aliphatic imine (C=N–C) groups is 1. The van der Waals surface area contributed by atoms with Crippen molar-refractivity contribution in [1.29, 1.82) is 0 Å². The third kappa shape index (κ3) is 8.15. The van der Waals surface area contributed by atoms with Crippen molar-refractivity contribution in [2.45, 2.75) is 58.9 Å². The first-order valence-electron chi connectivity index (χ1n) is 11.4. The zero-order chi connectivity index (χ0) is 21.3. The van der Waals surface area contributed by atoms with E-state index in [-0.39, 0.29) is 35.3 Å². The van der Waals surface area contributed by atoms with Crippen molar-refractivity contribution in [3.05, 3.63) is 0 Å². The van der Waals surface area contributed by atoms with Crippen LogP contribution in [-0.4, -0.2) is 87.7 Å². The standard InChI is InChI=1S/C22H43N5O2.HI/c1-6-23-21(25-17-22(9-7-8-10-22)20(28)26(4)5)24-16-19(15-18(2)3)27-11-13-29-14-12-27;/h18-19H,6-17H2,1-5H3,(H2,23,24,25);1H. The van der Waals surface area contributed by atoms with Gasteiger partial charge in [0, 0.05) is 46.3 Å². The largest absolute Gasteiger partial charge is 0.379 e. The quantitative estimate of drug-likeness (QED) is 0.269. The molecule has 30 heavy (non-hydrogen) atoms. The molecule has 0 aromatic rings. The van der Waals surface area contributed by atoms with Gasteiger partial charge in [0.25, 0.3) is 0 Å². The monoisotopic (exact) mass is 537 g/mol. The Morgan fingerprint density at radius 3 is 2.33 bits per heavy atom. The van der Waals surface area contributed by atoms with E-state index in [0.717, 1.165) is 77.5 Å². The molecule has 0 aromatic carbocycles. The summed E-state index contributed by atoms with van der Waals surface area (Å²) in [7, 11) is 3.71. The van der Waals surface area contributed by atoms with Gasteiger partial charge in [-0.15, -0.1) is 24.0 Å². The fraction of sp³-hybridized carbons (Fsp3) is 0.909. The van der Waals surface area contributed by atoms with Gasteiger partial charge in [0.2, 0.25) is 5.91 Å². The lowest BCUT2D eigenvalue weighted by molar-refractivity contribution is -0.138. The highest BCUT2D eigenvalue weighted by Gasteiger charge is 2.42. The highest BCUT2D eigenvalue weighted by molar-refractivity contribution is 14.0. The molecule has 2 rings (SSSR count). The number of hydrogen-bond acceptors (Lipinski definition) is 4. The van der Waals surface area contributed by atoms with E-state index in [0.29, 0.717) is 18.5 Å². The molecule has 1 aliphatic carbocycles.